The van der Waals surface area contributed by atoms with Gasteiger partial charge in [-0.2, -0.15) is 0 Å². The number of sulfone groups is 1. The number of methoxy groups -OCH3 is 1. The fourth-order valence-corrected chi connectivity index (χ4v) is 4.00. The minimum Gasteiger partial charge on any atom is -0.497 e. The molecule has 0 spiro atoms. The quantitative estimate of drug-likeness (QED) is 0.271. The first-order valence-electron chi connectivity index (χ1n) is 10.1. The number of aliphatic imine (C=N–C) groups is 1. The summed E-state index contributed by atoms with van der Waals surface area (Å²) in [4.78, 5) is 7.22. The molecular weight excluding hydrogens is 503 g/mol. The summed E-state index contributed by atoms with van der Waals surface area (Å²) in [6, 6.07) is 8.38. The van der Waals surface area contributed by atoms with Crippen LogP contribution in [0.25, 0.3) is 0 Å². The van der Waals surface area contributed by atoms with E-state index in [2.05, 4.69) is 27.7 Å². The third-order valence-corrected chi connectivity index (χ3v) is 6.70. The van der Waals surface area contributed by atoms with E-state index in [-0.39, 0.29) is 41.5 Å². The monoisotopic (exact) mass is 538 g/mol. The summed E-state index contributed by atoms with van der Waals surface area (Å²) in [5.74, 6) is 1.78. The fourth-order valence-electron chi connectivity index (χ4n) is 3.30. The number of hydrogen-bond donors (Lipinski definition) is 2. The van der Waals surface area contributed by atoms with Gasteiger partial charge in [-0.25, -0.2) is 8.42 Å². The van der Waals surface area contributed by atoms with Crippen LogP contribution in [0, 0.1) is 0 Å². The van der Waals surface area contributed by atoms with Gasteiger partial charge < -0.3 is 15.4 Å². The van der Waals surface area contributed by atoms with Crippen LogP contribution >= 0.6 is 24.0 Å². The highest BCUT2D eigenvalue weighted by atomic mass is 127. The molecule has 0 bridgehead atoms. The van der Waals surface area contributed by atoms with Gasteiger partial charge in [0.25, 0.3) is 0 Å². The van der Waals surface area contributed by atoms with Gasteiger partial charge in [-0.05, 0) is 50.6 Å². The van der Waals surface area contributed by atoms with Crippen molar-refractivity contribution in [2.45, 2.75) is 32.7 Å². The maximum Gasteiger partial charge on any atom is 0.191 e. The molecule has 9 heteroatoms. The van der Waals surface area contributed by atoms with Crippen LogP contribution in [0.5, 0.6) is 5.75 Å². The van der Waals surface area contributed by atoms with Gasteiger partial charge in [0, 0.05) is 18.8 Å². The third-order valence-electron chi connectivity index (χ3n) is 4.99. The minimum atomic E-state index is -2.99. The largest absolute Gasteiger partial charge is 0.497 e. The number of hydrogen-bond acceptors (Lipinski definition) is 5. The van der Waals surface area contributed by atoms with Gasteiger partial charge in [-0.1, -0.05) is 19.1 Å². The Hall–Kier alpha value is -1.07. The Morgan fingerprint density at radius 2 is 1.83 bits per heavy atom. The summed E-state index contributed by atoms with van der Waals surface area (Å²) < 4.78 is 28.7. The summed E-state index contributed by atoms with van der Waals surface area (Å²) >= 11 is 0. The zero-order chi connectivity index (χ0) is 20.4. The molecule has 2 N–H and O–H groups in total. The van der Waals surface area contributed by atoms with Crippen molar-refractivity contribution in [3.63, 3.8) is 0 Å². The van der Waals surface area contributed by atoms with Crippen molar-refractivity contribution in [1.82, 2.24) is 15.5 Å². The third kappa shape index (κ3) is 8.67. The lowest BCUT2D eigenvalue weighted by atomic mass is 10.1. The lowest BCUT2D eigenvalue weighted by Crippen LogP contribution is -2.40. The van der Waals surface area contributed by atoms with Gasteiger partial charge in [0.05, 0.1) is 25.4 Å². The topological polar surface area (TPSA) is 83.0 Å². The van der Waals surface area contributed by atoms with E-state index >= 15 is 0 Å². The van der Waals surface area contributed by atoms with Crippen molar-refractivity contribution < 1.29 is 13.2 Å². The first-order valence-corrected chi connectivity index (χ1v) is 11.9. The van der Waals surface area contributed by atoms with Crippen molar-refractivity contribution in [2.24, 2.45) is 4.99 Å². The molecule has 7 nitrogen and oxygen atoms in total. The molecule has 1 unspecified atom stereocenters. The number of rotatable bonds is 10. The molecule has 1 saturated heterocycles. The molecule has 1 aromatic carbocycles. The number of guanidine groups is 1. The van der Waals surface area contributed by atoms with Gasteiger partial charge in [0.1, 0.15) is 5.75 Å². The first-order chi connectivity index (χ1) is 13.5. The number of halogens is 1. The normalized spacial score (nSPS) is 16.2. The molecule has 1 fully saturated rings. The Morgan fingerprint density at radius 1 is 1.17 bits per heavy atom. The van der Waals surface area contributed by atoms with E-state index in [9.17, 15) is 8.42 Å². The molecule has 1 aliphatic heterocycles. The number of benzene rings is 1. The molecule has 1 atom stereocenters. The molecule has 0 saturated carbocycles. The zero-order valence-corrected chi connectivity index (χ0v) is 20.8. The molecule has 2 rings (SSSR count). The van der Waals surface area contributed by atoms with Gasteiger partial charge in [0.15, 0.2) is 15.8 Å². The van der Waals surface area contributed by atoms with E-state index in [1.54, 1.807) is 14.0 Å². The van der Waals surface area contributed by atoms with Crippen LogP contribution in [-0.4, -0.2) is 70.6 Å². The molecule has 0 aliphatic carbocycles. The second-order valence-corrected chi connectivity index (χ2v) is 9.39. The average molecular weight is 538 g/mol. The predicted molar refractivity (Wildman–Crippen MR) is 130 cm³/mol. The second-order valence-electron chi connectivity index (χ2n) is 6.91. The SMILES string of the molecule is CCNC(=NCC(c1ccc(OC)cc1)N1CCCC1)NCCS(=O)(=O)CC.I. The van der Waals surface area contributed by atoms with E-state index in [0.717, 1.165) is 25.4 Å². The average Bonchev–Trinajstić information content (AvgIpc) is 3.23. The number of likely N-dealkylation sites (tertiary alicyclic amines) is 1. The van der Waals surface area contributed by atoms with Gasteiger partial charge in [-0.15, -0.1) is 24.0 Å². The predicted octanol–water partition coefficient (Wildman–Crippen LogP) is 2.44. The van der Waals surface area contributed by atoms with E-state index in [1.807, 2.05) is 19.1 Å². The highest BCUT2D eigenvalue weighted by Crippen LogP contribution is 2.27. The van der Waals surface area contributed by atoms with Gasteiger partial charge in [-0.3, -0.25) is 9.89 Å². The van der Waals surface area contributed by atoms with Crippen LogP contribution in [0.4, 0.5) is 0 Å². The Bertz CT molecular complexity index is 720. The lowest BCUT2D eigenvalue weighted by molar-refractivity contribution is 0.251. The molecule has 0 aromatic heterocycles. The van der Waals surface area contributed by atoms with Crippen LogP contribution in [-0.2, 0) is 9.84 Å². The molecule has 29 heavy (non-hydrogen) atoms. The Balaban J connectivity index is 0.00000420. The Kier molecular flexibility index (Phi) is 11.9. The maximum absolute atomic E-state index is 11.7. The summed E-state index contributed by atoms with van der Waals surface area (Å²) in [6.07, 6.45) is 2.42. The number of nitrogens with one attached hydrogen (secondary N) is 2. The molecule has 1 heterocycles. The molecule has 166 valence electrons. The first kappa shape index (κ1) is 26.0. The Labute approximate surface area is 192 Å². The summed E-state index contributed by atoms with van der Waals surface area (Å²) in [5.41, 5.74) is 1.22. The second kappa shape index (κ2) is 13.3. The summed E-state index contributed by atoms with van der Waals surface area (Å²) in [5, 5.41) is 6.36. The molecule has 1 aliphatic rings. The van der Waals surface area contributed by atoms with Crippen LogP contribution < -0.4 is 15.4 Å². The highest BCUT2D eigenvalue weighted by molar-refractivity contribution is 14.0. The number of nitrogens with zero attached hydrogens (tertiary/aromatic N) is 2. The molecule has 1 aromatic rings. The Morgan fingerprint density at radius 3 is 2.38 bits per heavy atom. The molecule has 0 amide bonds. The smallest absolute Gasteiger partial charge is 0.191 e. The van der Waals surface area contributed by atoms with Crippen LogP contribution in [0.1, 0.15) is 38.3 Å². The van der Waals surface area contributed by atoms with Crippen molar-refractivity contribution in [1.29, 1.82) is 0 Å². The number of ether oxygens (including phenoxy) is 1. The molecule has 0 radical (unpaired) electrons. The van der Waals surface area contributed by atoms with Gasteiger partial charge >= 0.3 is 0 Å². The van der Waals surface area contributed by atoms with Crippen LogP contribution in [0.2, 0.25) is 0 Å². The minimum absolute atomic E-state index is 0. The van der Waals surface area contributed by atoms with E-state index in [4.69, 9.17) is 9.73 Å². The lowest BCUT2D eigenvalue weighted by Gasteiger charge is -2.27. The van der Waals surface area contributed by atoms with Crippen molar-refractivity contribution in [3.8, 4) is 5.75 Å². The zero-order valence-electron chi connectivity index (χ0n) is 17.7. The van der Waals surface area contributed by atoms with Gasteiger partial charge in [0.2, 0.25) is 0 Å². The van der Waals surface area contributed by atoms with E-state index < -0.39 is 9.84 Å². The van der Waals surface area contributed by atoms with Crippen molar-refractivity contribution in [3.05, 3.63) is 29.8 Å². The summed E-state index contributed by atoms with van der Waals surface area (Å²) in [7, 11) is -1.32. The molecular formula is C20H35IN4O3S. The van der Waals surface area contributed by atoms with E-state index in [1.165, 1.54) is 18.4 Å². The fraction of sp³-hybridized carbons (Fsp3) is 0.650. The maximum atomic E-state index is 11.7. The standard InChI is InChI=1S/C20H34N4O3S.HI/c1-4-21-20(22-12-15-28(25,26)5-2)23-16-19(24-13-6-7-14-24)17-8-10-18(27-3)11-9-17;/h8-11,19H,4-7,12-16H2,1-3H3,(H2,21,22,23);1H. The van der Waals surface area contributed by atoms with Crippen molar-refractivity contribution in [2.75, 3.05) is 51.3 Å². The van der Waals surface area contributed by atoms with Crippen LogP contribution in [0.15, 0.2) is 29.3 Å². The summed E-state index contributed by atoms with van der Waals surface area (Å²) in [6.45, 7) is 7.52. The van der Waals surface area contributed by atoms with Crippen molar-refractivity contribution >= 4 is 39.8 Å². The van der Waals surface area contributed by atoms with E-state index in [0.29, 0.717) is 19.0 Å². The highest BCUT2D eigenvalue weighted by Gasteiger charge is 2.23. The van der Waals surface area contributed by atoms with Crippen LogP contribution in [0.3, 0.4) is 0 Å².